The van der Waals surface area contributed by atoms with Crippen LogP contribution in [-0.2, 0) is 4.79 Å². The van der Waals surface area contributed by atoms with Crippen molar-refractivity contribution in [2.45, 2.75) is 283 Å². The Morgan fingerprint density at radius 1 is 0.391 bits per heavy atom. The Kier molecular flexibility index (Phi) is 52.8. The van der Waals surface area contributed by atoms with Gasteiger partial charge in [-0.05, 0) is 70.6 Å². The predicted octanol–water partition coefficient (Wildman–Crippen LogP) is 18.4. The van der Waals surface area contributed by atoms with Crippen LogP contribution in [0.5, 0.6) is 0 Å². The first-order valence-corrected chi connectivity index (χ1v) is 27.8. The molecular formula is C60H107NO3. The van der Waals surface area contributed by atoms with Gasteiger partial charge in [-0.1, -0.05) is 279 Å². The van der Waals surface area contributed by atoms with Gasteiger partial charge in [0.2, 0.25) is 5.91 Å². The molecular weight excluding hydrogens is 783 g/mol. The van der Waals surface area contributed by atoms with Crippen molar-refractivity contribution in [3.63, 3.8) is 0 Å². The molecule has 0 aliphatic heterocycles. The summed E-state index contributed by atoms with van der Waals surface area (Å²) in [7, 11) is 0. The van der Waals surface area contributed by atoms with Gasteiger partial charge < -0.3 is 15.5 Å². The average molecular weight is 891 g/mol. The number of hydrogen-bond acceptors (Lipinski definition) is 3. The van der Waals surface area contributed by atoms with E-state index < -0.39 is 12.1 Å². The number of allylic oxidation sites excluding steroid dienone is 14. The van der Waals surface area contributed by atoms with Crippen LogP contribution in [0.1, 0.15) is 271 Å². The second-order valence-electron chi connectivity index (χ2n) is 18.6. The zero-order valence-corrected chi connectivity index (χ0v) is 42.5. The van der Waals surface area contributed by atoms with Gasteiger partial charge in [0.15, 0.2) is 0 Å². The normalized spacial score (nSPS) is 13.5. The van der Waals surface area contributed by atoms with E-state index >= 15 is 0 Å². The van der Waals surface area contributed by atoms with Gasteiger partial charge in [-0.15, -0.1) is 0 Å². The monoisotopic (exact) mass is 890 g/mol. The third-order valence-corrected chi connectivity index (χ3v) is 12.4. The van der Waals surface area contributed by atoms with E-state index in [1.165, 1.54) is 173 Å². The Morgan fingerprint density at radius 2 is 0.688 bits per heavy atom. The van der Waals surface area contributed by atoms with Crippen LogP contribution in [0, 0.1) is 0 Å². The van der Waals surface area contributed by atoms with E-state index in [0.717, 1.165) is 70.6 Å². The first-order chi connectivity index (χ1) is 31.7. The number of unbranched alkanes of at least 4 members (excludes halogenated alkanes) is 29. The van der Waals surface area contributed by atoms with E-state index in [0.29, 0.717) is 12.8 Å². The molecule has 0 rings (SSSR count). The van der Waals surface area contributed by atoms with E-state index in [1.54, 1.807) is 0 Å². The molecule has 3 N–H and O–H groups in total. The topological polar surface area (TPSA) is 69.6 Å². The van der Waals surface area contributed by atoms with Gasteiger partial charge in [0.25, 0.3) is 0 Å². The number of amides is 1. The number of carbonyl (C=O) groups excluding carboxylic acids is 1. The van der Waals surface area contributed by atoms with Crippen molar-refractivity contribution in [3.8, 4) is 0 Å². The van der Waals surface area contributed by atoms with Gasteiger partial charge in [0.1, 0.15) is 0 Å². The molecule has 0 saturated heterocycles. The fourth-order valence-electron chi connectivity index (χ4n) is 8.22. The molecule has 0 saturated carbocycles. The maximum Gasteiger partial charge on any atom is 0.220 e. The van der Waals surface area contributed by atoms with Gasteiger partial charge in [0.05, 0.1) is 18.8 Å². The zero-order valence-electron chi connectivity index (χ0n) is 42.5. The third kappa shape index (κ3) is 50.6. The molecule has 0 aliphatic rings. The number of hydrogen-bond donors (Lipinski definition) is 3. The van der Waals surface area contributed by atoms with E-state index in [4.69, 9.17) is 0 Å². The summed E-state index contributed by atoms with van der Waals surface area (Å²) in [4.78, 5) is 12.5. The molecule has 64 heavy (non-hydrogen) atoms. The van der Waals surface area contributed by atoms with Crippen molar-refractivity contribution >= 4 is 5.91 Å². The smallest absolute Gasteiger partial charge is 0.220 e. The minimum absolute atomic E-state index is 0.0323. The molecule has 0 aliphatic carbocycles. The molecule has 0 heterocycles. The Balaban J connectivity index is 3.49. The fraction of sp³-hybridized carbons (Fsp3) is 0.750. The summed E-state index contributed by atoms with van der Waals surface area (Å²) in [5.74, 6) is -0.0323. The standard InChI is InChI=1S/C60H107NO3/c1-3-5-7-9-11-13-15-17-19-20-21-22-23-24-25-26-27-28-29-30-31-32-33-34-35-36-37-38-39-40-42-44-46-48-50-52-54-56-60(64)61-58(57-62)59(63)55-53-51-49-47-45-43-41-18-16-14-12-10-8-6-4-2/h5,7,11,13,17,19,21-22,24-25,27-28,30-31,58-59,62-63H,3-4,6,8-10,12,14-16,18,20,23,26,29,32-57H2,1-2H3,(H,61,64)/b7-5-,13-11-,19-17-,22-21-,25-24-,28-27-,31-30-. The molecule has 0 aromatic rings. The Labute approximate surface area is 399 Å². The molecule has 0 aromatic carbocycles. The largest absolute Gasteiger partial charge is 0.394 e. The van der Waals surface area contributed by atoms with Crippen molar-refractivity contribution in [2.75, 3.05) is 6.61 Å². The van der Waals surface area contributed by atoms with Crippen molar-refractivity contribution < 1.29 is 15.0 Å². The van der Waals surface area contributed by atoms with Crippen LogP contribution in [0.3, 0.4) is 0 Å². The van der Waals surface area contributed by atoms with Crippen molar-refractivity contribution in [2.24, 2.45) is 0 Å². The maximum absolute atomic E-state index is 12.5. The van der Waals surface area contributed by atoms with Gasteiger partial charge >= 0.3 is 0 Å². The van der Waals surface area contributed by atoms with E-state index in [-0.39, 0.29) is 12.5 Å². The van der Waals surface area contributed by atoms with Crippen molar-refractivity contribution in [1.82, 2.24) is 5.32 Å². The molecule has 370 valence electrons. The van der Waals surface area contributed by atoms with Crippen LogP contribution in [0.2, 0.25) is 0 Å². The predicted molar refractivity (Wildman–Crippen MR) is 285 cm³/mol. The van der Waals surface area contributed by atoms with Crippen LogP contribution in [0.4, 0.5) is 0 Å². The quantitative estimate of drug-likeness (QED) is 0.0421. The van der Waals surface area contributed by atoms with Gasteiger partial charge in [-0.3, -0.25) is 4.79 Å². The molecule has 4 nitrogen and oxygen atoms in total. The summed E-state index contributed by atoms with van der Waals surface area (Å²) in [6, 6.07) is -0.539. The molecule has 0 aromatic heterocycles. The van der Waals surface area contributed by atoms with E-state index in [9.17, 15) is 15.0 Å². The molecule has 2 atom stereocenters. The number of nitrogens with one attached hydrogen (secondary N) is 1. The number of aliphatic hydroxyl groups excluding tert-OH is 2. The lowest BCUT2D eigenvalue weighted by Crippen LogP contribution is -2.45. The van der Waals surface area contributed by atoms with E-state index in [2.05, 4.69) is 104 Å². The highest BCUT2D eigenvalue weighted by atomic mass is 16.3. The SMILES string of the molecule is CC/C=C\C/C=C\C/C=C\C/C=C\C/C=C\C/C=C\C/C=C\CCCCCCCCCCCCCCCCCC(=O)NC(CO)C(O)CCCCCCCCCCCCCCCCC. The summed E-state index contributed by atoms with van der Waals surface area (Å²) < 4.78 is 0. The highest BCUT2D eigenvalue weighted by Gasteiger charge is 2.20. The minimum atomic E-state index is -0.662. The molecule has 4 heteroatoms. The summed E-state index contributed by atoms with van der Waals surface area (Å²) in [5.41, 5.74) is 0. The first kappa shape index (κ1) is 61.6. The zero-order chi connectivity index (χ0) is 46.3. The van der Waals surface area contributed by atoms with Crippen LogP contribution < -0.4 is 5.32 Å². The number of rotatable bonds is 50. The highest BCUT2D eigenvalue weighted by molar-refractivity contribution is 5.76. The van der Waals surface area contributed by atoms with Crippen LogP contribution in [-0.4, -0.2) is 34.9 Å². The Hall–Kier alpha value is -2.43. The first-order valence-electron chi connectivity index (χ1n) is 27.8. The van der Waals surface area contributed by atoms with Crippen molar-refractivity contribution in [3.05, 3.63) is 85.1 Å². The minimum Gasteiger partial charge on any atom is -0.394 e. The fourth-order valence-corrected chi connectivity index (χ4v) is 8.22. The molecule has 0 spiro atoms. The summed E-state index contributed by atoms with van der Waals surface area (Å²) >= 11 is 0. The molecule has 0 bridgehead atoms. The lowest BCUT2D eigenvalue weighted by atomic mass is 10.0. The number of aliphatic hydroxyl groups is 2. The van der Waals surface area contributed by atoms with Crippen LogP contribution in [0.25, 0.3) is 0 Å². The van der Waals surface area contributed by atoms with E-state index in [1.807, 2.05) is 0 Å². The molecule has 0 radical (unpaired) electrons. The lowest BCUT2D eigenvalue weighted by Gasteiger charge is -2.22. The van der Waals surface area contributed by atoms with Crippen LogP contribution >= 0.6 is 0 Å². The lowest BCUT2D eigenvalue weighted by molar-refractivity contribution is -0.123. The average Bonchev–Trinajstić information content (AvgIpc) is 3.30. The van der Waals surface area contributed by atoms with Crippen LogP contribution in [0.15, 0.2) is 85.1 Å². The second kappa shape index (κ2) is 54.9. The summed E-state index contributed by atoms with van der Waals surface area (Å²) in [5, 5.41) is 23.3. The molecule has 1 amide bonds. The maximum atomic E-state index is 12.5. The Bertz CT molecular complexity index is 1150. The summed E-state index contributed by atoms with van der Waals surface area (Å²) in [6.07, 6.45) is 79.9. The third-order valence-electron chi connectivity index (χ3n) is 12.4. The number of carbonyl (C=O) groups is 1. The van der Waals surface area contributed by atoms with Gasteiger partial charge in [-0.25, -0.2) is 0 Å². The summed E-state index contributed by atoms with van der Waals surface area (Å²) in [6.45, 7) is 4.25. The molecule has 0 fully saturated rings. The second-order valence-corrected chi connectivity index (χ2v) is 18.6. The van der Waals surface area contributed by atoms with Gasteiger partial charge in [0, 0.05) is 6.42 Å². The van der Waals surface area contributed by atoms with Crippen molar-refractivity contribution in [1.29, 1.82) is 0 Å². The highest BCUT2D eigenvalue weighted by Crippen LogP contribution is 2.17. The van der Waals surface area contributed by atoms with Gasteiger partial charge in [-0.2, -0.15) is 0 Å². The Morgan fingerprint density at radius 3 is 1.03 bits per heavy atom. The molecule has 2 unspecified atom stereocenters.